The molecule has 1 N–H and O–H groups in total. The van der Waals surface area contributed by atoms with Crippen molar-refractivity contribution >= 4 is 10.1 Å². The molecule has 0 aliphatic heterocycles. The maximum absolute atomic E-state index is 10.3. The minimum Gasteiger partial charge on any atom is -0.363 e. The lowest BCUT2D eigenvalue weighted by atomic mass is 10.1. The Morgan fingerprint density at radius 2 is 1.28 bits per heavy atom. The van der Waals surface area contributed by atoms with E-state index in [0.717, 1.165) is 12.8 Å². The van der Waals surface area contributed by atoms with Gasteiger partial charge < -0.3 is 4.74 Å². The first-order valence-electron chi connectivity index (χ1n) is 7.09. The summed E-state index contributed by atoms with van der Waals surface area (Å²) in [6, 6.07) is 0. The first-order chi connectivity index (χ1) is 8.56. The molecule has 4 nitrogen and oxygen atoms in total. The van der Waals surface area contributed by atoms with Crippen molar-refractivity contribution in [2.45, 2.75) is 71.1 Å². The van der Waals surface area contributed by atoms with Gasteiger partial charge in [-0.05, 0) is 6.42 Å². The van der Waals surface area contributed by atoms with E-state index in [9.17, 15) is 8.42 Å². The fraction of sp³-hybridized carbons (Fsp3) is 1.00. The van der Waals surface area contributed by atoms with Crippen molar-refractivity contribution in [2.75, 3.05) is 12.5 Å². The van der Waals surface area contributed by atoms with E-state index < -0.39 is 16.1 Å². The number of ether oxygens (including phenoxy) is 1. The maximum atomic E-state index is 10.3. The fourth-order valence-electron chi connectivity index (χ4n) is 1.86. The summed E-state index contributed by atoms with van der Waals surface area (Å²) in [5.74, 6) is -0.579. The molecule has 0 amide bonds. The molecule has 0 bridgehead atoms. The quantitative estimate of drug-likeness (QED) is 0.412. The van der Waals surface area contributed by atoms with Crippen LogP contribution in [0.4, 0.5) is 0 Å². The zero-order valence-electron chi connectivity index (χ0n) is 11.6. The summed E-state index contributed by atoms with van der Waals surface area (Å²) in [6.45, 7) is 2.64. The summed E-state index contributed by atoms with van der Waals surface area (Å²) in [5, 5.41) is 0. The topological polar surface area (TPSA) is 63.6 Å². The second kappa shape index (κ2) is 11.9. The molecule has 0 heterocycles. The van der Waals surface area contributed by atoms with Crippen LogP contribution in [-0.4, -0.2) is 25.5 Å². The molecule has 0 aliphatic carbocycles. The molecule has 0 aliphatic rings. The summed E-state index contributed by atoms with van der Waals surface area (Å²) < 4.78 is 33.9. The van der Waals surface area contributed by atoms with Crippen molar-refractivity contribution in [3.05, 3.63) is 0 Å². The Morgan fingerprint density at radius 3 is 1.72 bits per heavy atom. The summed E-state index contributed by atoms with van der Waals surface area (Å²) in [6.07, 6.45) is 12.4. The lowest BCUT2D eigenvalue weighted by molar-refractivity contribution is 0.165. The Kier molecular flexibility index (Phi) is 11.8. The highest BCUT2D eigenvalue weighted by molar-refractivity contribution is 7.85. The number of hydrogen-bond donors (Lipinski definition) is 1. The van der Waals surface area contributed by atoms with Gasteiger partial charge in [0.25, 0.3) is 10.1 Å². The Labute approximate surface area is 112 Å². The SMILES string of the molecule is CCCCCCCCCCCCOCS(=O)(=O)O. The smallest absolute Gasteiger partial charge is 0.289 e. The van der Waals surface area contributed by atoms with Gasteiger partial charge in [-0.2, -0.15) is 8.42 Å². The molecular formula is C13H28O4S. The normalized spacial score (nSPS) is 11.9. The summed E-state index contributed by atoms with van der Waals surface area (Å²) >= 11 is 0. The zero-order valence-corrected chi connectivity index (χ0v) is 12.4. The third-order valence-corrected chi connectivity index (χ3v) is 3.34. The molecule has 0 fully saturated rings. The minimum absolute atomic E-state index is 0.413. The van der Waals surface area contributed by atoms with Gasteiger partial charge in [-0.1, -0.05) is 64.7 Å². The van der Waals surface area contributed by atoms with E-state index in [0.29, 0.717) is 6.61 Å². The highest BCUT2D eigenvalue weighted by Crippen LogP contribution is 2.10. The zero-order chi connectivity index (χ0) is 13.7. The van der Waals surface area contributed by atoms with Crippen molar-refractivity contribution < 1.29 is 17.7 Å². The third-order valence-electron chi connectivity index (χ3n) is 2.87. The Bertz CT molecular complexity index is 262. The average Bonchev–Trinajstić information content (AvgIpc) is 2.29. The van der Waals surface area contributed by atoms with E-state index in [4.69, 9.17) is 9.29 Å². The molecule has 5 heteroatoms. The van der Waals surface area contributed by atoms with Gasteiger partial charge in [0, 0.05) is 6.61 Å². The van der Waals surface area contributed by atoms with E-state index in [1.165, 1.54) is 51.4 Å². The largest absolute Gasteiger partial charge is 0.363 e. The van der Waals surface area contributed by atoms with Crippen LogP contribution in [0.3, 0.4) is 0 Å². The van der Waals surface area contributed by atoms with Gasteiger partial charge >= 0.3 is 0 Å². The Balaban J connectivity index is 3.03. The Hall–Kier alpha value is -0.130. The van der Waals surface area contributed by atoms with Crippen LogP contribution in [0.2, 0.25) is 0 Å². The third kappa shape index (κ3) is 15.9. The highest BCUT2D eigenvalue weighted by Gasteiger charge is 2.02. The molecule has 0 radical (unpaired) electrons. The van der Waals surface area contributed by atoms with Crippen molar-refractivity contribution in [3.8, 4) is 0 Å². The number of unbranched alkanes of at least 4 members (excludes halogenated alkanes) is 9. The molecule has 18 heavy (non-hydrogen) atoms. The van der Waals surface area contributed by atoms with Gasteiger partial charge in [-0.15, -0.1) is 0 Å². The van der Waals surface area contributed by atoms with Crippen molar-refractivity contribution in [1.29, 1.82) is 0 Å². The molecule has 0 saturated heterocycles. The van der Waals surface area contributed by atoms with Crippen LogP contribution in [-0.2, 0) is 14.9 Å². The van der Waals surface area contributed by atoms with Crippen molar-refractivity contribution in [2.24, 2.45) is 0 Å². The van der Waals surface area contributed by atoms with Crippen LogP contribution in [0.15, 0.2) is 0 Å². The van der Waals surface area contributed by atoms with Crippen LogP contribution in [0.25, 0.3) is 0 Å². The Morgan fingerprint density at radius 1 is 0.833 bits per heavy atom. The lowest BCUT2D eigenvalue weighted by Crippen LogP contribution is -2.08. The summed E-state index contributed by atoms with van der Waals surface area (Å²) in [4.78, 5) is 0. The van der Waals surface area contributed by atoms with Gasteiger partial charge in [-0.3, -0.25) is 4.55 Å². The fourth-order valence-corrected chi connectivity index (χ4v) is 2.18. The molecular weight excluding hydrogens is 252 g/mol. The molecule has 0 atom stereocenters. The average molecular weight is 280 g/mol. The number of rotatable bonds is 13. The lowest BCUT2D eigenvalue weighted by Gasteiger charge is -2.03. The summed E-state index contributed by atoms with van der Waals surface area (Å²) in [7, 11) is -3.96. The molecule has 0 unspecified atom stereocenters. The van der Waals surface area contributed by atoms with Crippen LogP contribution < -0.4 is 0 Å². The standard InChI is InChI=1S/C13H28O4S/c1-2-3-4-5-6-7-8-9-10-11-12-17-13-18(14,15)16/h2-13H2,1H3,(H,14,15,16). The second-order valence-electron chi connectivity index (χ2n) is 4.79. The molecule has 0 aromatic heterocycles. The van der Waals surface area contributed by atoms with Gasteiger partial charge in [0.2, 0.25) is 0 Å². The van der Waals surface area contributed by atoms with E-state index in [1.807, 2.05) is 0 Å². The minimum atomic E-state index is -3.96. The molecule has 0 spiro atoms. The van der Waals surface area contributed by atoms with Gasteiger partial charge in [0.15, 0.2) is 5.94 Å². The number of hydrogen-bond acceptors (Lipinski definition) is 3. The molecule has 0 rings (SSSR count). The first-order valence-corrected chi connectivity index (χ1v) is 8.70. The van der Waals surface area contributed by atoms with Crippen molar-refractivity contribution in [3.63, 3.8) is 0 Å². The molecule has 0 aromatic carbocycles. The predicted molar refractivity (Wildman–Crippen MR) is 74.2 cm³/mol. The predicted octanol–water partition coefficient (Wildman–Crippen LogP) is 3.77. The maximum Gasteiger partial charge on any atom is 0.289 e. The monoisotopic (exact) mass is 280 g/mol. The molecule has 0 aromatic rings. The van der Waals surface area contributed by atoms with E-state index in [1.54, 1.807) is 0 Å². The molecule has 0 saturated carbocycles. The first kappa shape index (κ1) is 17.9. The summed E-state index contributed by atoms with van der Waals surface area (Å²) in [5.41, 5.74) is 0. The van der Waals surface area contributed by atoms with Crippen LogP contribution in [0.5, 0.6) is 0 Å². The van der Waals surface area contributed by atoms with Gasteiger partial charge in [0.1, 0.15) is 0 Å². The van der Waals surface area contributed by atoms with E-state index >= 15 is 0 Å². The van der Waals surface area contributed by atoms with Crippen LogP contribution in [0, 0.1) is 0 Å². The highest BCUT2D eigenvalue weighted by atomic mass is 32.2. The molecule has 110 valence electrons. The van der Waals surface area contributed by atoms with E-state index in [2.05, 4.69) is 6.92 Å². The second-order valence-corrected chi connectivity index (χ2v) is 6.19. The van der Waals surface area contributed by atoms with Gasteiger partial charge in [-0.25, -0.2) is 0 Å². The van der Waals surface area contributed by atoms with E-state index in [-0.39, 0.29) is 0 Å². The van der Waals surface area contributed by atoms with Gasteiger partial charge in [0.05, 0.1) is 0 Å². The van der Waals surface area contributed by atoms with Crippen LogP contribution in [0.1, 0.15) is 71.1 Å². The van der Waals surface area contributed by atoms with Crippen molar-refractivity contribution in [1.82, 2.24) is 0 Å². The van der Waals surface area contributed by atoms with Crippen LogP contribution >= 0.6 is 0 Å².